The second-order valence-corrected chi connectivity index (χ2v) is 9.64. The zero-order chi connectivity index (χ0) is 23.3. The fourth-order valence-electron chi connectivity index (χ4n) is 4.18. The molecule has 9 heteroatoms. The summed E-state index contributed by atoms with van der Waals surface area (Å²) in [5.41, 5.74) is 3.45. The minimum absolute atomic E-state index is 0.115. The molecule has 3 heterocycles. The maximum Gasteiger partial charge on any atom is 0.277 e. The lowest BCUT2D eigenvalue weighted by molar-refractivity contribution is 0.0934. The molecule has 1 saturated carbocycles. The molecule has 0 saturated heterocycles. The normalized spacial score (nSPS) is 15.9. The summed E-state index contributed by atoms with van der Waals surface area (Å²) < 4.78 is 12.7. The predicted molar refractivity (Wildman–Crippen MR) is 125 cm³/mol. The van der Waals surface area contributed by atoms with Gasteiger partial charge in [0.25, 0.3) is 11.5 Å². The zero-order valence-electron chi connectivity index (χ0n) is 19.1. The molecule has 1 N–H and O–H groups in total. The van der Waals surface area contributed by atoms with Gasteiger partial charge in [-0.2, -0.15) is 5.10 Å². The van der Waals surface area contributed by atoms with E-state index in [1.165, 1.54) is 16.0 Å². The van der Waals surface area contributed by atoms with Crippen molar-refractivity contribution >= 4 is 17.2 Å². The number of rotatable bonds is 5. The van der Waals surface area contributed by atoms with Crippen LogP contribution in [-0.2, 0) is 7.05 Å². The van der Waals surface area contributed by atoms with Crippen molar-refractivity contribution in [2.45, 2.75) is 39.7 Å². The molecule has 1 fully saturated rings. The van der Waals surface area contributed by atoms with E-state index in [-0.39, 0.29) is 17.5 Å². The van der Waals surface area contributed by atoms with Gasteiger partial charge >= 0.3 is 0 Å². The Hall–Kier alpha value is -3.20. The SMILES string of the molecule is Cc1nc(-c2c(C)c(C)nn(C)c2=O)sc1C(=O)NC(c1ccc2c(c1)OCCO2)C1CC1. The maximum atomic E-state index is 13.3. The van der Waals surface area contributed by atoms with Gasteiger partial charge in [-0.25, -0.2) is 9.67 Å². The Morgan fingerprint density at radius 3 is 2.61 bits per heavy atom. The number of benzene rings is 1. The van der Waals surface area contributed by atoms with Crippen molar-refractivity contribution in [3.8, 4) is 22.1 Å². The van der Waals surface area contributed by atoms with Crippen molar-refractivity contribution in [1.82, 2.24) is 20.1 Å². The van der Waals surface area contributed by atoms with E-state index in [1.54, 1.807) is 14.0 Å². The molecule has 172 valence electrons. The summed E-state index contributed by atoms with van der Waals surface area (Å²) in [6.07, 6.45) is 2.13. The van der Waals surface area contributed by atoms with Gasteiger partial charge in [-0.15, -0.1) is 11.3 Å². The highest BCUT2D eigenvalue weighted by molar-refractivity contribution is 7.17. The summed E-state index contributed by atoms with van der Waals surface area (Å²) >= 11 is 1.25. The van der Waals surface area contributed by atoms with Gasteiger partial charge in [0.15, 0.2) is 11.5 Å². The number of nitrogens with zero attached hydrogens (tertiary/aromatic N) is 3. The highest BCUT2D eigenvalue weighted by Crippen LogP contribution is 2.43. The molecule has 0 radical (unpaired) electrons. The van der Waals surface area contributed by atoms with E-state index >= 15 is 0 Å². The fourth-order valence-corrected chi connectivity index (χ4v) is 5.24. The third kappa shape index (κ3) is 4.01. The van der Waals surface area contributed by atoms with E-state index in [1.807, 2.05) is 32.0 Å². The summed E-state index contributed by atoms with van der Waals surface area (Å²) in [6.45, 7) is 6.59. The first-order valence-corrected chi connectivity index (χ1v) is 11.9. The molecule has 2 aliphatic rings. The quantitative estimate of drug-likeness (QED) is 0.619. The maximum absolute atomic E-state index is 13.3. The zero-order valence-corrected chi connectivity index (χ0v) is 19.9. The molecule has 0 spiro atoms. The number of hydrogen-bond donors (Lipinski definition) is 1. The van der Waals surface area contributed by atoms with Crippen LogP contribution in [0.5, 0.6) is 11.5 Å². The molecular formula is C24H26N4O4S. The van der Waals surface area contributed by atoms with Crippen molar-refractivity contribution in [3.63, 3.8) is 0 Å². The van der Waals surface area contributed by atoms with E-state index in [9.17, 15) is 9.59 Å². The molecule has 3 aromatic rings. The van der Waals surface area contributed by atoms with Crippen molar-refractivity contribution in [1.29, 1.82) is 0 Å². The smallest absolute Gasteiger partial charge is 0.277 e. The summed E-state index contributed by atoms with van der Waals surface area (Å²) in [7, 11) is 1.62. The first kappa shape index (κ1) is 21.6. The average molecular weight is 467 g/mol. The monoisotopic (exact) mass is 466 g/mol. The molecule has 5 rings (SSSR count). The molecule has 0 bridgehead atoms. The summed E-state index contributed by atoms with van der Waals surface area (Å²) in [6, 6.07) is 5.76. The highest BCUT2D eigenvalue weighted by atomic mass is 32.1. The van der Waals surface area contributed by atoms with Crippen LogP contribution in [0.15, 0.2) is 23.0 Å². The van der Waals surface area contributed by atoms with Crippen LogP contribution >= 0.6 is 11.3 Å². The van der Waals surface area contributed by atoms with Crippen LogP contribution in [0.3, 0.4) is 0 Å². The van der Waals surface area contributed by atoms with Gasteiger partial charge in [0, 0.05) is 7.05 Å². The number of amides is 1. The summed E-state index contributed by atoms with van der Waals surface area (Å²) in [5, 5.41) is 8.00. The molecule has 33 heavy (non-hydrogen) atoms. The number of aryl methyl sites for hydroxylation is 3. The van der Waals surface area contributed by atoms with Crippen LogP contribution in [0.25, 0.3) is 10.6 Å². The lowest BCUT2D eigenvalue weighted by Crippen LogP contribution is -2.30. The number of ether oxygens (including phenoxy) is 2. The van der Waals surface area contributed by atoms with Gasteiger partial charge in [-0.1, -0.05) is 6.07 Å². The number of aromatic nitrogens is 3. The molecule has 2 aromatic heterocycles. The fraction of sp³-hybridized carbons (Fsp3) is 0.417. The summed E-state index contributed by atoms with van der Waals surface area (Å²) in [5.74, 6) is 1.66. The average Bonchev–Trinajstić information content (AvgIpc) is 3.57. The number of fused-ring (bicyclic) bond motifs is 1. The van der Waals surface area contributed by atoms with Crippen LogP contribution in [0.4, 0.5) is 0 Å². The van der Waals surface area contributed by atoms with Gasteiger partial charge in [-0.3, -0.25) is 9.59 Å². The van der Waals surface area contributed by atoms with Crippen LogP contribution in [0, 0.1) is 26.7 Å². The molecule has 1 unspecified atom stereocenters. The van der Waals surface area contributed by atoms with Crippen LogP contribution < -0.4 is 20.3 Å². The molecule has 1 amide bonds. The number of thiazole rings is 1. The molecule has 1 aromatic carbocycles. The van der Waals surface area contributed by atoms with Gasteiger partial charge < -0.3 is 14.8 Å². The van der Waals surface area contributed by atoms with Crippen LogP contribution in [-0.4, -0.2) is 33.9 Å². The van der Waals surface area contributed by atoms with E-state index in [4.69, 9.17) is 9.47 Å². The van der Waals surface area contributed by atoms with Crippen molar-refractivity contribution in [3.05, 3.63) is 55.9 Å². The minimum Gasteiger partial charge on any atom is -0.486 e. The van der Waals surface area contributed by atoms with Gasteiger partial charge in [0.05, 0.1) is 23.0 Å². The lowest BCUT2D eigenvalue weighted by atomic mass is 10.0. The number of nitrogens with one attached hydrogen (secondary N) is 1. The van der Waals surface area contributed by atoms with E-state index in [0.717, 1.165) is 35.4 Å². The second kappa shape index (κ2) is 8.30. The summed E-state index contributed by atoms with van der Waals surface area (Å²) in [4.78, 5) is 31.2. The highest BCUT2D eigenvalue weighted by Gasteiger charge is 2.35. The van der Waals surface area contributed by atoms with Crippen molar-refractivity contribution in [2.75, 3.05) is 13.2 Å². The van der Waals surface area contributed by atoms with Crippen molar-refractivity contribution < 1.29 is 14.3 Å². The molecule has 8 nitrogen and oxygen atoms in total. The first-order valence-electron chi connectivity index (χ1n) is 11.1. The molecule has 1 aliphatic carbocycles. The molecule has 1 aliphatic heterocycles. The Bertz CT molecular complexity index is 1310. The largest absolute Gasteiger partial charge is 0.486 e. The van der Waals surface area contributed by atoms with Crippen molar-refractivity contribution in [2.24, 2.45) is 13.0 Å². The predicted octanol–water partition coefficient (Wildman–Crippen LogP) is 3.48. The first-order chi connectivity index (χ1) is 15.8. The Labute approximate surface area is 195 Å². The van der Waals surface area contributed by atoms with E-state index in [0.29, 0.717) is 46.0 Å². The number of carbonyl (C=O) groups excluding carboxylic acids is 1. The number of carbonyl (C=O) groups is 1. The third-order valence-corrected chi connectivity index (χ3v) is 7.42. The van der Waals surface area contributed by atoms with E-state index < -0.39 is 0 Å². The Morgan fingerprint density at radius 1 is 1.15 bits per heavy atom. The number of hydrogen-bond acceptors (Lipinski definition) is 7. The second-order valence-electron chi connectivity index (χ2n) is 8.64. The van der Waals surface area contributed by atoms with Crippen LogP contribution in [0.1, 0.15) is 51.1 Å². The third-order valence-electron chi connectivity index (χ3n) is 6.25. The van der Waals surface area contributed by atoms with Gasteiger partial charge in [-0.05, 0) is 62.8 Å². The molecule has 1 atom stereocenters. The van der Waals surface area contributed by atoms with E-state index in [2.05, 4.69) is 15.4 Å². The lowest BCUT2D eigenvalue weighted by Gasteiger charge is -2.23. The van der Waals surface area contributed by atoms with Gasteiger partial charge in [0.1, 0.15) is 23.1 Å². The Morgan fingerprint density at radius 2 is 1.88 bits per heavy atom. The Balaban J connectivity index is 1.45. The van der Waals surface area contributed by atoms with Gasteiger partial charge in [0.2, 0.25) is 0 Å². The minimum atomic E-state index is -0.217. The standard InChI is InChI=1S/C24H26N4O4S/c1-12-13(2)27-28(4)24(30)19(12)23-25-14(3)21(33-23)22(29)26-20(15-5-6-15)16-7-8-17-18(11-16)32-10-9-31-17/h7-8,11,15,20H,5-6,9-10H2,1-4H3,(H,26,29). The Kier molecular flexibility index (Phi) is 5.44. The molecular weight excluding hydrogens is 440 g/mol. The van der Waals surface area contributed by atoms with Crippen LogP contribution in [0.2, 0.25) is 0 Å². The topological polar surface area (TPSA) is 95.3 Å².